The molecule has 0 unspecified atom stereocenters. The van der Waals surface area contributed by atoms with Crippen LogP contribution in [-0.2, 0) is 0 Å². The summed E-state index contributed by atoms with van der Waals surface area (Å²) in [6, 6.07) is 7.04. The Hall–Kier alpha value is -1.92. The number of thiophene rings is 1. The molecule has 2 aromatic heterocycles. The van der Waals surface area contributed by atoms with Gasteiger partial charge < -0.3 is 4.90 Å². The van der Waals surface area contributed by atoms with Crippen molar-refractivity contribution in [3.8, 4) is 10.6 Å². The molecule has 0 radical (unpaired) electrons. The Kier molecular flexibility index (Phi) is 4.38. The number of hydrogen-bond donors (Lipinski definition) is 1. The third-order valence-electron chi connectivity index (χ3n) is 7.50. The van der Waals surface area contributed by atoms with Crippen LogP contribution in [0.15, 0.2) is 35.2 Å². The van der Waals surface area contributed by atoms with Gasteiger partial charge in [0.2, 0.25) is 0 Å². The fraction of sp³-hybridized carbons (Fsp3) is 0.565. The van der Waals surface area contributed by atoms with Crippen molar-refractivity contribution in [3.05, 3.63) is 40.9 Å². The van der Waals surface area contributed by atoms with Gasteiger partial charge >= 0.3 is 0 Å². The Morgan fingerprint density at radius 2 is 2.21 bits per heavy atom. The Balaban J connectivity index is 1.29. The summed E-state index contributed by atoms with van der Waals surface area (Å²) in [5.74, 6) is 1.37. The SMILES string of the molecule is O=C(c1cc(-c2cccs2)[nH]n1)N1CCCC2=C[C@H]3C[C@@H](CN4CCCC[C@@H]34)[C@@H]21. The second-order valence-electron chi connectivity index (χ2n) is 9.15. The first-order chi connectivity index (χ1) is 14.3. The monoisotopic (exact) mass is 408 g/mol. The maximum absolute atomic E-state index is 13.5. The molecule has 0 aromatic carbocycles. The maximum atomic E-state index is 13.5. The topological polar surface area (TPSA) is 52.2 Å². The van der Waals surface area contributed by atoms with E-state index >= 15 is 0 Å². The minimum absolute atomic E-state index is 0.0962. The number of carbonyl (C=O) groups is 1. The lowest BCUT2D eigenvalue weighted by Gasteiger charge is -2.54. The van der Waals surface area contributed by atoms with Crippen molar-refractivity contribution in [1.82, 2.24) is 20.0 Å². The van der Waals surface area contributed by atoms with Crippen molar-refractivity contribution in [3.63, 3.8) is 0 Å². The largest absolute Gasteiger partial charge is 0.330 e. The molecule has 2 bridgehead atoms. The van der Waals surface area contributed by atoms with E-state index in [1.807, 2.05) is 12.1 Å². The van der Waals surface area contributed by atoms with Crippen molar-refractivity contribution in [2.24, 2.45) is 11.8 Å². The van der Waals surface area contributed by atoms with Gasteiger partial charge in [-0.1, -0.05) is 24.1 Å². The second-order valence-corrected chi connectivity index (χ2v) is 10.1. The number of carbonyl (C=O) groups excluding carboxylic acids is 1. The summed E-state index contributed by atoms with van der Waals surface area (Å²) in [4.78, 5) is 19.5. The molecule has 5 heterocycles. The molecule has 1 aliphatic carbocycles. The van der Waals surface area contributed by atoms with Crippen LogP contribution in [0.3, 0.4) is 0 Å². The molecule has 3 aliphatic heterocycles. The van der Waals surface area contributed by atoms with E-state index in [1.165, 1.54) is 37.8 Å². The number of fused-ring (bicyclic) bond motifs is 6. The molecule has 152 valence electrons. The summed E-state index contributed by atoms with van der Waals surface area (Å²) in [5, 5.41) is 9.51. The van der Waals surface area contributed by atoms with E-state index in [-0.39, 0.29) is 11.9 Å². The van der Waals surface area contributed by atoms with Crippen LogP contribution in [0.25, 0.3) is 10.6 Å². The zero-order valence-corrected chi connectivity index (χ0v) is 17.5. The van der Waals surface area contributed by atoms with E-state index in [9.17, 15) is 4.79 Å². The molecule has 6 rings (SSSR count). The van der Waals surface area contributed by atoms with E-state index in [0.717, 1.165) is 42.5 Å². The van der Waals surface area contributed by atoms with Gasteiger partial charge in [-0.15, -0.1) is 11.3 Å². The Labute approximate surface area is 175 Å². The quantitative estimate of drug-likeness (QED) is 0.759. The minimum atomic E-state index is 0.0962. The molecular formula is C23H28N4OS. The molecule has 3 fully saturated rings. The number of rotatable bonds is 2. The predicted octanol–water partition coefficient (Wildman–Crippen LogP) is 4.17. The second kappa shape index (κ2) is 7.10. The van der Waals surface area contributed by atoms with Gasteiger partial charge in [0.1, 0.15) is 0 Å². The minimum Gasteiger partial charge on any atom is -0.330 e. The Morgan fingerprint density at radius 3 is 3.10 bits per heavy atom. The van der Waals surface area contributed by atoms with Crippen LogP contribution >= 0.6 is 11.3 Å². The molecule has 3 saturated heterocycles. The fourth-order valence-electron chi connectivity index (χ4n) is 6.34. The van der Waals surface area contributed by atoms with Crippen LogP contribution in [0.1, 0.15) is 49.0 Å². The molecule has 1 amide bonds. The average Bonchev–Trinajstić information content (AvgIpc) is 3.45. The van der Waals surface area contributed by atoms with Crippen LogP contribution in [-0.4, -0.2) is 57.6 Å². The number of aromatic nitrogens is 2. The van der Waals surface area contributed by atoms with E-state index in [4.69, 9.17) is 0 Å². The van der Waals surface area contributed by atoms with Gasteiger partial charge in [-0.25, -0.2) is 0 Å². The molecular weight excluding hydrogens is 380 g/mol. The third kappa shape index (κ3) is 2.99. The number of amides is 1. The van der Waals surface area contributed by atoms with Gasteiger partial charge in [-0.05, 0) is 68.0 Å². The average molecular weight is 409 g/mol. The van der Waals surface area contributed by atoms with Crippen LogP contribution in [0.5, 0.6) is 0 Å². The highest BCUT2D eigenvalue weighted by molar-refractivity contribution is 7.13. The summed E-state index contributed by atoms with van der Waals surface area (Å²) >= 11 is 1.67. The molecule has 29 heavy (non-hydrogen) atoms. The Morgan fingerprint density at radius 1 is 1.24 bits per heavy atom. The van der Waals surface area contributed by atoms with E-state index in [0.29, 0.717) is 17.5 Å². The molecule has 5 nitrogen and oxygen atoms in total. The smallest absolute Gasteiger partial charge is 0.274 e. The standard InChI is InChI=1S/C23H28N4OS/c28-23(19-13-18(24-25-19)21-7-4-10-29-21)27-9-3-5-15-11-16-12-17(22(15)27)14-26-8-2-1-6-20(16)26/h4,7,10-11,13,16-17,20,22H,1-3,5-6,8-9,12,14H2,(H,24,25)/t16-,17-,20-,22+/m0/s1. The first kappa shape index (κ1) is 17.9. The molecule has 0 saturated carbocycles. The highest BCUT2D eigenvalue weighted by Gasteiger charge is 2.47. The highest BCUT2D eigenvalue weighted by Crippen LogP contribution is 2.45. The van der Waals surface area contributed by atoms with Crippen LogP contribution < -0.4 is 0 Å². The van der Waals surface area contributed by atoms with Crippen molar-refractivity contribution < 1.29 is 4.79 Å². The van der Waals surface area contributed by atoms with Crippen LogP contribution in [0, 0.1) is 11.8 Å². The summed E-state index contributed by atoms with van der Waals surface area (Å²) in [6.07, 6.45) is 10.1. The van der Waals surface area contributed by atoms with Crippen LogP contribution in [0.2, 0.25) is 0 Å². The molecule has 0 spiro atoms. The highest BCUT2D eigenvalue weighted by atomic mass is 32.1. The number of aromatic amines is 1. The number of piperidine rings is 3. The molecule has 4 atom stereocenters. The fourth-order valence-corrected chi connectivity index (χ4v) is 7.03. The predicted molar refractivity (Wildman–Crippen MR) is 115 cm³/mol. The van der Waals surface area contributed by atoms with Crippen molar-refractivity contribution in [2.75, 3.05) is 19.6 Å². The summed E-state index contributed by atoms with van der Waals surface area (Å²) in [5.41, 5.74) is 3.03. The van der Waals surface area contributed by atoms with Gasteiger partial charge in [0.15, 0.2) is 5.69 Å². The zero-order valence-electron chi connectivity index (χ0n) is 16.7. The lowest BCUT2D eigenvalue weighted by Crippen LogP contribution is -2.60. The van der Waals surface area contributed by atoms with Crippen molar-refractivity contribution >= 4 is 17.2 Å². The first-order valence-corrected chi connectivity index (χ1v) is 12.0. The van der Waals surface area contributed by atoms with Crippen molar-refractivity contribution in [1.29, 1.82) is 0 Å². The number of nitrogens with zero attached hydrogens (tertiary/aromatic N) is 3. The van der Waals surface area contributed by atoms with E-state index in [2.05, 4.69) is 37.5 Å². The Bertz CT molecular complexity index is 933. The van der Waals surface area contributed by atoms with Crippen LogP contribution in [0.4, 0.5) is 0 Å². The summed E-state index contributed by atoms with van der Waals surface area (Å²) < 4.78 is 0. The summed E-state index contributed by atoms with van der Waals surface area (Å²) in [6.45, 7) is 3.26. The third-order valence-corrected chi connectivity index (χ3v) is 8.40. The van der Waals surface area contributed by atoms with Gasteiger partial charge in [-0.3, -0.25) is 14.8 Å². The zero-order chi connectivity index (χ0) is 19.4. The molecule has 2 aromatic rings. The lowest BCUT2D eigenvalue weighted by atomic mass is 9.68. The number of hydrogen-bond acceptors (Lipinski definition) is 4. The molecule has 4 aliphatic rings. The summed E-state index contributed by atoms with van der Waals surface area (Å²) in [7, 11) is 0. The van der Waals surface area contributed by atoms with Gasteiger partial charge in [-0.2, -0.15) is 5.10 Å². The molecule has 6 heteroatoms. The van der Waals surface area contributed by atoms with E-state index in [1.54, 1.807) is 11.3 Å². The maximum Gasteiger partial charge on any atom is 0.274 e. The number of H-pyrrole nitrogens is 1. The number of nitrogens with one attached hydrogen (secondary N) is 1. The first-order valence-electron chi connectivity index (χ1n) is 11.1. The number of likely N-dealkylation sites (tertiary alicyclic amines) is 1. The van der Waals surface area contributed by atoms with Gasteiger partial charge in [0, 0.05) is 19.1 Å². The van der Waals surface area contributed by atoms with Crippen molar-refractivity contribution in [2.45, 2.75) is 50.6 Å². The van der Waals surface area contributed by atoms with E-state index < -0.39 is 0 Å². The lowest BCUT2D eigenvalue weighted by molar-refractivity contribution is 0.00131. The van der Waals surface area contributed by atoms with Gasteiger partial charge in [0.25, 0.3) is 5.91 Å². The molecule has 1 N–H and O–H groups in total. The van der Waals surface area contributed by atoms with Gasteiger partial charge in [0.05, 0.1) is 16.6 Å². The normalized spacial score (nSPS) is 31.7.